The van der Waals surface area contributed by atoms with Crippen LogP contribution in [0.3, 0.4) is 0 Å². The fourth-order valence-corrected chi connectivity index (χ4v) is 19.4. The van der Waals surface area contributed by atoms with E-state index in [4.69, 9.17) is 75.8 Å². The molecule has 43 atom stereocenters. The number of aliphatic hydroxyl groups is 23. The van der Waals surface area contributed by atoms with E-state index in [1.165, 1.54) is 122 Å². The number of carboxylic acid groups (broad SMARTS) is 1. The minimum absolute atomic E-state index is 0.134. The number of hydrogen-bond acceptors (Lipinski definition) is 44. The molecule has 838 valence electrons. The lowest BCUT2D eigenvalue weighted by molar-refractivity contribution is -0.406. The molecule has 0 radical (unpaired) electrons. The molecule has 4 amide bonds. The van der Waals surface area contributed by atoms with Crippen LogP contribution in [0.25, 0.3) is 0 Å². The molecule has 8 saturated heterocycles. The van der Waals surface area contributed by atoms with E-state index in [1.807, 2.05) is 6.08 Å². The number of aliphatic carboxylic acids is 1. The van der Waals surface area contributed by atoms with Gasteiger partial charge in [-0.15, -0.1) is 0 Å². The fraction of sp³-hybridized carbons (Fsp3) is 0.926. The molecule has 8 heterocycles. The Labute approximate surface area is 838 Å². The van der Waals surface area contributed by atoms with Gasteiger partial charge in [-0.1, -0.05) is 193 Å². The highest BCUT2D eigenvalue weighted by atomic mass is 16.8. The number of carbonyl (C=O) groups excluding carboxylic acids is 4. The summed E-state index contributed by atoms with van der Waals surface area (Å²) in [6.07, 6.45) is -45.6. The molecular formula is C95H168N4O45. The average molecular weight is 2090 g/mol. The zero-order valence-electron chi connectivity index (χ0n) is 83.3. The highest BCUT2D eigenvalue weighted by Gasteiger charge is 2.64. The minimum atomic E-state index is -3.32. The maximum Gasteiger partial charge on any atom is 0.364 e. The maximum atomic E-state index is 13.7. The quantitative estimate of drug-likeness (QED) is 0.0199. The standard InChI is InChI=1S/C95H168N4O45/c1-7-9-11-13-15-17-19-21-22-23-24-26-28-30-32-34-36-38-62(113)99-52(53(110)37-35-33-31-29-27-25-20-18-16-14-12-10-8-2)47-129-89-76(124)74(122)80(61(46-106)136-89)137-91-77(125)83(69(117)57(42-102)132-91)140-87-64(97-50(5)108)72(120)79(60(45-105)135-87)138-93-86(142-90-75(123)73(121)66(114)48(3)130-90)85(71(119)59(44-104)134-93)141-88-65(98-51(6)109)81(68(116)56(41-101)131-88)139-92-78(126)84(70(118)58(43-103)133-92)144-95(94(127)128)39-54(111)63(96-49(4)107)82(143-95)67(115)55(112)40-100/h35,37,48,52-61,63-93,100-106,110-112,114-126H,7-34,36,38-47H2,1-6H3,(H,96,107)(H,97,108)(H,98,109)(H,99,113)(H,127,128)/b37-35+/t48?,52-,53+,54?,55+,56?,57?,58?,59?,60?,61?,63+,64?,65?,66+,67+,68-,69-,70-,71-,72+,73?,74+,75-,76?,77?,78?,79+,80+,81+,82?,83-,84-,85-,86?,87-,88+,89+,90+,91-,92-,93-,95-/m0/s1. The Morgan fingerprint density at radius 1 is 0.375 bits per heavy atom. The van der Waals surface area contributed by atoms with Gasteiger partial charge in [0.05, 0.1) is 83.3 Å². The van der Waals surface area contributed by atoms with Gasteiger partial charge in [0.25, 0.3) is 5.79 Å². The van der Waals surface area contributed by atoms with Crippen molar-refractivity contribution in [2.24, 2.45) is 0 Å². The Bertz CT molecular complexity index is 3660. The molecule has 8 fully saturated rings. The number of allylic oxidation sites excluding steroid dienone is 1. The summed E-state index contributed by atoms with van der Waals surface area (Å²) in [5.41, 5.74) is 0. The molecular weight excluding hydrogens is 1920 g/mol. The molecule has 16 unspecified atom stereocenters. The second-order valence-electron chi connectivity index (χ2n) is 39.1. The Balaban J connectivity index is 0.991. The number of amides is 4. The van der Waals surface area contributed by atoms with Crippen molar-refractivity contribution in [3.8, 4) is 0 Å². The molecule has 0 spiro atoms. The molecule has 0 bridgehead atoms. The van der Waals surface area contributed by atoms with Gasteiger partial charge in [-0.25, -0.2) is 4.79 Å². The van der Waals surface area contributed by atoms with Crippen molar-refractivity contribution in [1.82, 2.24) is 21.3 Å². The first-order chi connectivity index (χ1) is 68.8. The molecule has 0 aliphatic carbocycles. The van der Waals surface area contributed by atoms with Gasteiger partial charge < -0.3 is 220 Å². The van der Waals surface area contributed by atoms with E-state index in [1.54, 1.807) is 6.08 Å². The molecule has 8 aliphatic rings. The van der Waals surface area contributed by atoms with E-state index in [-0.39, 0.29) is 12.3 Å². The van der Waals surface area contributed by atoms with Crippen LogP contribution >= 0.6 is 0 Å². The van der Waals surface area contributed by atoms with Crippen LogP contribution in [0.2, 0.25) is 0 Å². The van der Waals surface area contributed by atoms with Crippen molar-refractivity contribution in [1.29, 1.82) is 0 Å². The largest absolute Gasteiger partial charge is 0.477 e. The summed E-state index contributed by atoms with van der Waals surface area (Å²) in [5, 5.41) is 283. The predicted octanol–water partition coefficient (Wildman–Crippen LogP) is -5.62. The smallest absolute Gasteiger partial charge is 0.364 e. The third-order valence-corrected chi connectivity index (χ3v) is 27.8. The number of carbonyl (C=O) groups is 5. The Morgan fingerprint density at radius 3 is 1.24 bits per heavy atom. The molecule has 8 rings (SSSR count). The van der Waals surface area contributed by atoms with E-state index in [0.29, 0.717) is 12.8 Å². The monoisotopic (exact) mass is 2090 g/mol. The van der Waals surface area contributed by atoms with Crippen molar-refractivity contribution in [3.05, 3.63) is 12.2 Å². The Kier molecular flexibility index (Phi) is 54.8. The number of hydrogen-bond donors (Lipinski definition) is 28. The molecule has 0 saturated carbocycles. The molecule has 49 heteroatoms. The van der Waals surface area contributed by atoms with E-state index >= 15 is 0 Å². The van der Waals surface area contributed by atoms with Gasteiger partial charge in [0, 0.05) is 33.6 Å². The van der Waals surface area contributed by atoms with Gasteiger partial charge in [-0.05, 0) is 26.2 Å². The Hall–Kier alpha value is -4.47. The summed E-state index contributed by atoms with van der Waals surface area (Å²) in [6.45, 7) is -0.318. The van der Waals surface area contributed by atoms with E-state index < -0.39 is 346 Å². The minimum Gasteiger partial charge on any atom is -0.477 e. The van der Waals surface area contributed by atoms with Crippen molar-refractivity contribution in [2.75, 3.05) is 52.9 Å². The molecule has 8 aliphatic heterocycles. The van der Waals surface area contributed by atoms with E-state index in [0.717, 1.165) is 78.6 Å². The lowest BCUT2D eigenvalue weighted by Gasteiger charge is -2.52. The van der Waals surface area contributed by atoms with Crippen LogP contribution in [0, 0.1) is 0 Å². The van der Waals surface area contributed by atoms with Crippen LogP contribution in [0.5, 0.6) is 0 Å². The molecule has 49 nitrogen and oxygen atoms in total. The van der Waals surface area contributed by atoms with Crippen molar-refractivity contribution in [2.45, 2.75) is 504 Å². The van der Waals surface area contributed by atoms with Gasteiger partial charge in [-0.2, -0.15) is 0 Å². The lowest BCUT2D eigenvalue weighted by atomic mass is 9.88. The summed E-state index contributed by atoms with van der Waals surface area (Å²) in [6, 6.07) is -7.01. The van der Waals surface area contributed by atoms with Crippen LogP contribution in [0.4, 0.5) is 0 Å². The summed E-state index contributed by atoms with van der Waals surface area (Å²) in [5.74, 6) is -8.76. The first kappa shape index (κ1) is 125. The van der Waals surface area contributed by atoms with Gasteiger partial charge in [0.15, 0.2) is 44.0 Å². The number of aliphatic hydroxyl groups excluding tert-OH is 23. The summed E-state index contributed by atoms with van der Waals surface area (Å²) in [7, 11) is 0. The highest BCUT2D eigenvalue weighted by Crippen LogP contribution is 2.43. The zero-order chi connectivity index (χ0) is 106. The van der Waals surface area contributed by atoms with Gasteiger partial charge in [-0.3, -0.25) is 19.2 Å². The number of nitrogens with one attached hydrogen (secondary N) is 4. The fourth-order valence-electron chi connectivity index (χ4n) is 19.4. The molecule has 0 aromatic heterocycles. The lowest BCUT2D eigenvalue weighted by Crippen LogP contribution is -2.72. The van der Waals surface area contributed by atoms with Crippen LogP contribution in [0.15, 0.2) is 12.2 Å². The second-order valence-corrected chi connectivity index (χ2v) is 39.1. The number of ether oxygens (including phenoxy) is 16. The van der Waals surface area contributed by atoms with Crippen LogP contribution in [0.1, 0.15) is 241 Å². The third kappa shape index (κ3) is 35.3. The number of unbranched alkanes of at least 4 members (excludes halogenated alkanes) is 27. The van der Waals surface area contributed by atoms with Gasteiger partial charge in [0.2, 0.25) is 23.6 Å². The second kappa shape index (κ2) is 63.3. The molecule has 144 heavy (non-hydrogen) atoms. The first-order valence-electron chi connectivity index (χ1n) is 51.5. The SMILES string of the molecule is CCCCCCCCCCCCC/C=C/[C@@H](O)[C@H](CO[C@@H]1OC(CO)[C@@H](O[C@@H]2OC(CO)[C@H](O)[C@H](O[C@@H]3OC(CO)[C@@H](O[C@@H]4OC(CO)[C@H](O)[C@H](O[C@H]5OC(CO)[C@H](O)[C@H](O[C@@H]6OC(CO)[C@H](O)[C@H](O[C@]7(C(=O)O)CC(O)[C@@H](NC(C)=O)C([C@H](O)[C@H](O)CO)O7)C6O)C5NC(C)=O)C4O[C@H]4OC(C)[C@@H](O)C(O)[C@@H]4O)[C@H](O)C3NC(C)=O)C2O)[C@H](O)C1O)NC(=O)CCCCCCCCCCCCCCCCCCC. The summed E-state index contributed by atoms with van der Waals surface area (Å²) in [4.78, 5) is 66.3. The molecule has 0 aromatic rings. The van der Waals surface area contributed by atoms with Gasteiger partial charge >= 0.3 is 5.97 Å². The van der Waals surface area contributed by atoms with E-state index in [9.17, 15) is 147 Å². The number of rotatable bonds is 63. The molecule has 28 N–H and O–H groups in total. The van der Waals surface area contributed by atoms with Crippen molar-refractivity contribution >= 4 is 29.6 Å². The van der Waals surface area contributed by atoms with Crippen molar-refractivity contribution in [3.63, 3.8) is 0 Å². The normalized spacial score (nSPS) is 38.4. The van der Waals surface area contributed by atoms with Gasteiger partial charge in [0.1, 0.15) is 183 Å². The van der Waals surface area contributed by atoms with Crippen LogP contribution < -0.4 is 21.3 Å². The highest BCUT2D eigenvalue weighted by molar-refractivity contribution is 5.77. The first-order valence-corrected chi connectivity index (χ1v) is 51.5. The maximum absolute atomic E-state index is 13.7. The van der Waals surface area contributed by atoms with Crippen LogP contribution in [-0.4, -0.2) is 468 Å². The average Bonchev–Trinajstić information content (AvgIpc) is 0.745. The summed E-state index contributed by atoms with van der Waals surface area (Å²) < 4.78 is 97.0. The Morgan fingerprint density at radius 2 is 0.750 bits per heavy atom. The van der Waals surface area contributed by atoms with E-state index in [2.05, 4.69) is 35.1 Å². The third-order valence-electron chi connectivity index (χ3n) is 27.8. The topological polar surface area (TPSA) is 767 Å². The van der Waals surface area contributed by atoms with Crippen LogP contribution in [-0.2, 0) is 99.8 Å². The zero-order valence-corrected chi connectivity index (χ0v) is 83.3. The number of carboxylic acids is 1. The summed E-state index contributed by atoms with van der Waals surface area (Å²) >= 11 is 0. The molecule has 0 aromatic carbocycles. The van der Waals surface area contributed by atoms with Crippen molar-refractivity contribution < 1.29 is 222 Å². The predicted molar refractivity (Wildman–Crippen MR) is 496 cm³/mol.